The van der Waals surface area contributed by atoms with E-state index in [0.717, 1.165) is 89.2 Å². The van der Waals surface area contributed by atoms with Crippen molar-refractivity contribution in [3.05, 3.63) is 83.9 Å². The Morgan fingerprint density at radius 1 is 0.658 bits per heavy atom. The van der Waals surface area contributed by atoms with E-state index < -0.39 is 0 Å². The van der Waals surface area contributed by atoms with Gasteiger partial charge in [-0.1, -0.05) is 0 Å². The summed E-state index contributed by atoms with van der Waals surface area (Å²) in [5, 5.41) is 7.67. The first-order valence-corrected chi connectivity index (χ1v) is 12.4. The van der Waals surface area contributed by atoms with E-state index >= 15 is 0 Å². The number of hydrogen-bond donors (Lipinski definition) is 2. The highest BCUT2D eigenvalue weighted by Gasteiger charge is 2.12. The second kappa shape index (κ2) is 12.7. The molecule has 0 fully saturated rings. The van der Waals surface area contributed by atoms with Gasteiger partial charge in [0.05, 0.1) is 26.3 Å². The molecule has 0 saturated heterocycles. The van der Waals surface area contributed by atoms with Crippen LogP contribution in [0.15, 0.2) is 87.2 Å². The van der Waals surface area contributed by atoms with Crippen molar-refractivity contribution < 1.29 is 13.9 Å². The average molecular weight is 553 g/mol. The van der Waals surface area contributed by atoms with Gasteiger partial charge in [-0.15, -0.1) is 24.8 Å². The highest BCUT2D eigenvalue weighted by Crippen LogP contribution is 2.30. The summed E-state index contributed by atoms with van der Waals surface area (Å²) in [4.78, 5) is 8.94. The van der Waals surface area contributed by atoms with Crippen molar-refractivity contribution in [2.24, 2.45) is 9.98 Å². The number of nitrogens with zero attached hydrogens (tertiary/aromatic N) is 2. The summed E-state index contributed by atoms with van der Waals surface area (Å²) >= 11 is 0. The zero-order chi connectivity index (χ0) is 24.2. The molecular formula is C29H30Cl2N4O3. The number of furan rings is 1. The van der Waals surface area contributed by atoms with Crippen LogP contribution in [0.1, 0.15) is 17.5 Å². The lowest BCUT2D eigenvalue weighted by Gasteiger charge is -2.09. The van der Waals surface area contributed by atoms with Gasteiger partial charge >= 0.3 is 0 Å². The van der Waals surface area contributed by atoms with Crippen molar-refractivity contribution in [3.8, 4) is 22.8 Å². The van der Waals surface area contributed by atoms with Crippen LogP contribution in [0.4, 0.5) is 0 Å². The van der Waals surface area contributed by atoms with Gasteiger partial charge in [-0.05, 0) is 72.8 Å². The normalized spacial score (nSPS) is 14.0. The van der Waals surface area contributed by atoms with Gasteiger partial charge in [0.25, 0.3) is 0 Å². The first-order valence-electron chi connectivity index (χ1n) is 12.4. The predicted molar refractivity (Wildman–Crippen MR) is 157 cm³/mol. The second-order valence-corrected chi connectivity index (χ2v) is 8.78. The molecule has 0 aliphatic carbocycles. The van der Waals surface area contributed by atoms with Crippen LogP contribution >= 0.6 is 24.8 Å². The van der Waals surface area contributed by atoms with Crippen LogP contribution < -0.4 is 20.1 Å². The number of ether oxygens (including phenoxy) is 2. The van der Waals surface area contributed by atoms with Crippen LogP contribution in [0.5, 0.6) is 11.5 Å². The lowest BCUT2D eigenvalue weighted by atomic mass is 10.1. The van der Waals surface area contributed by atoms with Gasteiger partial charge in [-0.25, -0.2) is 0 Å². The molecule has 38 heavy (non-hydrogen) atoms. The number of amidine groups is 2. The highest BCUT2D eigenvalue weighted by atomic mass is 35.5. The van der Waals surface area contributed by atoms with E-state index in [4.69, 9.17) is 13.9 Å². The standard InChI is InChI=1S/C29H28N4O3.2ClH/c1(17-35-25-9-4-21(5-10-25)28-30-12-13-31-28)16-34-24-7-2-20(3-8-24)27-19-23-18-22(6-11-26(23)36-27)29-32-14-15-33-29;;/h2-11,18-19H,1,12-17H2,(H,30,31)(H,32,33);2*1H. The fourth-order valence-corrected chi connectivity index (χ4v) is 4.38. The van der Waals surface area contributed by atoms with Crippen LogP contribution in [0.3, 0.4) is 0 Å². The summed E-state index contributed by atoms with van der Waals surface area (Å²) in [5.74, 6) is 4.44. The molecular weight excluding hydrogens is 523 g/mol. The molecule has 0 amide bonds. The number of fused-ring (bicyclic) bond motifs is 1. The van der Waals surface area contributed by atoms with Gasteiger partial charge in [0.15, 0.2) is 0 Å². The third-order valence-corrected chi connectivity index (χ3v) is 6.23. The van der Waals surface area contributed by atoms with Gasteiger partial charge in [0.1, 0.15) is 34.5 Å². The Hall–Kier alpha value is -3.68. The lowest BCUT2D eigenvalue weighted by Crippen LogP contribution is -2.19. The van der Waals surface area contributed by atoms with Crippen molar-refractivity contribution in [1.82, 2.24) is 10.6 Å². The summed E-state index contributed by atoms with van der Waals surface area (Å²) in [6.45, 7) is 4.66. The Balaban J connectivity index is 0.00000168. The van der Waals surface area contributed by atoms with Crippen molar-refractivity contribution in [2.75, 3.05) is 39.4 Å². The molecule has 2 aliphatic heterocycles. The van der Waals surface area contributed by atoms with Gasteiger partial charge in [-0.2, -0.15) is 0 Å². The molecule has 0 atom stereocenters. The van der Waals surface area contributed by atoms with E-state index in [2.05, 4.69) is 32.8 Å². The second-order valence-electron chi connectivity index (χ2n) is 8.78. The molecule has 3 aromatic carbocycles. The molecule has 0 bridgehead atoms. The van der Waals surface area contributed by atoms with Gasteiger partial charge in [-0.3, -0.25) is 9.98 Å². The molecule has 9 heteroatoms. The van der Waals surface area contributed by atoms with E-state index in [1.165, 1.54) is 0 Å². The number of benzene rings is 3. The Morgan fingerprint density at radius 2 is 1.21 bits per heavy atom. The summed E-state index contributed by atoms with van der Waals surface area (Å²) in [6.07, 6.45) is 0.795. The van der Waals surface area contributed by atoms with Gasteiger partial charge < -0.3 is 24.5 Å². The van der Waals surface area contributed by atoms with E-state index in [1.54, 1.807) is 0 Å². The fraction of sp³-hybridized carbons (Fsp3) is 0.241. The SMILES string of the molecule is Cl.Cl.c1cc(C2=NCCN2)ccc1OCCCOc1ccc(-c2cc3cc(C4=NCCN4)ccc3o2)cc1. The van der Waals surface area contributed by atoms with Crippen molar-refractivity contribution in [3.63, 3.8) is 0 Å². The molecule has 4 aromatic rings. The molecule has 0 saturated carbocycles. The van der Waals surface area contributed by atoms with E-state index in [1.807, 2.05) is 60.7 Å². The Morgan fingerprint density at radius 3 is 1.79 bits per heavy atom. The first-order chi connectivity index (χ1) is 17.8. The highest BCUT2D eigenvalue weighted by molar-refractivity contribution is 6.02. The predicted octanol–water partition coefficient (Wildman–Crippen LogP) is 5.49. The average Bonchev–Trinajstić information content (AvgIpc) is 3.71. The third-order valence-electron chi connectivity index (χ3n) is 6.23. The number of halogens is 2. The van der Waals surface area contributed by atoms with Gasteiger partial charge in [0.2, 0.25) is 0 Å². The topological polar surface area (TPSA) is 80.4 Å². The Bertz CT molecular complexity index is 1420. The molecule has 2 N–H and O–H groups in total. The number of hydrogen-bond acceptors (Lipinski definition) is 7. The first kappa shape index (κ1) is 27.4. The van der Waals surface area contributed by atoms with Crippen molar-refractivity contribution >= 4 is 47.5 Å². The third kappa shape index (κ3) is 6.23. The van der Waals surface area contributed by atoms with E-state index in [9.17, 15) is 0 Å². The molecule has 6 rings (SSSR count). The molecule has 2 aliphatic rings. The van der Waals surface area contributed by atoms with Crippen molar-refractivity contribution in [1.29, 1.82) is 0 Å². The summed E-state index contributed by atoms with van der Waals surface area (Å²) in [7, 11) is 0. The quantitative estimate of drug-likeness (QED) is 0.268. The zero-order valence-corrected chi connectivity index (χ0v) is 22.4. The molecule has 3 heterocycles. The maximum Gasteiger partial charge on any atom is 0.135 e. The van der Waals surface area contributed by atoms with Crippen LogP contribution in [0.2, 0.25) is 0 Å². The van der Waals surface area contributed by atoms with E-state index in [0.29, 0.717) is 13.2 Å². The minimum absolute atomic E-state index is 0. The van der Waals surface area contributed by atoms with Gasteiger partial charge in [0, 0.05) is 41.6 Å². The maximum absolute atomic E-state index is 6.08. The molecule has 0 unspecified atom stereocenters. The van der Waals surface area contributed by atoms with Crippen LogP contribution in [0.25, 0.3) is 22.3 Å². The Labute approximate surface area is 234 Å². The van der Waals surface area contributed by atoms with Crippen LogP contribution in [-0.2, 0) is 0 Å². The van der Waals surface area contributed by atoms with Crippen LogP contribution in [-0.4, -0.2) is 51.1 Å². The summed E-state index contributed by atoms with van der Waals surface area (Å²) in [5.41, 5.74) is 4.07. The molecule has 198 valence electrons. The molecule has 1 aromatic heterocycles. The molecule has 0 radical (unpaired) electrons. The minimum atomic E-state index is 0. The number of rotatable bonds is 9. The smallest absolute Gasteiger partial charge is 0.135 e. The summed E-state index contributed by atoms with van der Waals surface area (Å²) < 4.78 is 17.8. The largest absolute Gasteiger partial charge is 0.493 e. The number of nitrogens with one attached hydrogen (secondary N) is 2. The lowest BCUT2D eigenvalue weighted by molar-refractivity contribution is 0.247. The molecule has 0 spiro atoms. The monoisotopic (exact) mass is 552 g/mol. The zero-order valence-electron chi connectivity index (χ0n) is 20.8. The van der Waals surface area contributed by atoms with Crippen molar-refractivity contribution in [2.45, 2.75) is 6.42 Å². The maximum atomic E-state index is 6.08. The minimum Gasteiger partial charge on any atom is -0.493 e. The summed E-state index contributed by atoms with van der Waals surface area (Å²) in [6, 6.07) is 24.3. The van der Waals surface area contributed by atoms with Crippen LogP contribution in [0, 0.1) is 0 Å². The van der Waals surface area contributed by atoms with E-state index in [-0.39, 0.29) is 24.8 Å². The molecule has 7 nitrogen and oxygen atoms in total. The fourth-order valence-electron chi connectivity index (χ4n) is 4.38. The Kier molecular flexibility index (Phi) is 9.15. The number of aliphatic imine (C=N–C) groups is 2.